The molecule has 9 nitrogen and oxygen atoms in total. The fraction of sp³-hybridized carbons (Fsp3) is 0.351. The van der Waals surface area contributed by atoms with Crippen LogP contribution in [0.15, 0.2) is 126 Å². The Morgan fingerprint density at radius 2 is 0.891 bits per heavy atom. The Kier molecular flexibility index (Phi) is 15.8. The average Bonchev–Trinajstić information content (AvgIpc) is 3.12. The Hall–Kier alpha value is -4.05. The van der Waals surface area contributed by atoms with Gasteiger partial charge in [0.05, 0.1) is 78.7 Å². The van der Waals surface area contributed by atoms with Crippen LogP contribution in [0.5, 0.6) is 0 Å². The van der Waals surface area contributed by atoms with Gasteiger partial charge in [-0.15, -0.1) is 0 Å². The van der Waals surface area contributed by atoms with Gasteiger partial charge in [0.1, 0.15) is 5.60 Å². The van der Waals surface area contributed by atoms with Gasteiger partial charge in [-0.05, 0) is 27.8 Å². The minimum absolute atomic E-state index is 0.233. The maximum absolute atomic E-state index is 8.92. The molecule has 0 saturated heterocycles. The first-order chi connectivity index (χ1) is 22.8. The zero-order valence-electron chi connectivity index (χ0n) is 26.2. The van der Waals surface area contributed by atoms with Crippen LogP contribution in [0.1, 0.15) is 22.3 Å². The molecule has 0 N–H and O–H groups in total. The molecule has 0 fully saturated rings. The van der Waals surface area contributed by atoms with Gasteiger partial charge in [-0.1, -0.05) is 126 Å². The van der Waals surface area contributed by atoms with E-state index in [1.165, 1.54) is 0 Å². The molecule has 1 atom stereocenters. The van der Waals surface area contributed by atoms with Crippen molar-refractivity contribution in [2.75, 3.05) is 66.1 Å². The van der Waals surface area contributed by atoms with E-state index in [1.807, 2.05) is 84.9 Å². The van der Waals surface area contributed by atoms with Crippen LogP contribution in [0, 0.1) is 0 Å². The molecule has 0 unspecified atom stereocenters. The molecular weight excluding hydrogens is 582 g/mol. The van der Waals surface area contributed by atoms with E-state index in [0.29, 0.717) is 59.5 Å². The topological polar surface area (TPSA) is 104 Å². The summed E-state index contributed by atoms with van der Waals surface area (Å²) in [7, 11) is 0. The molecule has 0 amide bonds. The lowest BCUT2D eigenvalue weighted by atomic mass is 9.80. The minimum Gasteiger partial charge on any atom is -0.379 e. The Bertz CT molecular complexity index is 1290. The highest BCUT2D eigenvalue weighted by Gasteiger charge is 2.37. The van der Waals surface area contributed by atoms with Gasteiger partial charge >= 0.3 is 0 Å². The second-order valence-electron chi connectivity index (χ2n) is 10.4. The van der Waals surface area contributed by atoms with Gasteiger partial charge in [-0.2, -0.15) is 0 Å². The molecule has 0 heterocycles. The fourth-order valence-corrected chi connectivity index (χ4v) is 4.97. The summed E-state index contributed by atoms with van der Waals surface area (Å²) in [5.74, 6) is 0. The molecule has 0 aliphatic heterocycles. The number of ether oxygens (including phenoxy) is 6. The van der Waals surface area contributed by atoms with Crippen LogP contribution in [0.25, 0.3) is 10.4 Å². The molecule has 46 heavy (non-hydrogen) atoms. The summed E-state index contributed by atoms with van der Waals surface area (Å²) in [5.41, 5.74) is 12.4. The lowest BCUT2D eigenvalue weighted by Gasteiger charge is -2.36. The highest BCUT2D eigenvalue weighted by atomic mass is 16.6. The number of azide groups is 1. The smallest absolute Gasteiger partial charge is 0.143 e. The first kappa shape index (κ1) is 34.8. The highest BCUT2D eigenvalue weighted by Crippen LogP contribution is 2.40. The van der Waals surface area contributed by atoms with Gasteiger partial charge in [0, 0.05) is 4.91 Å². The molecule has 0 bridgehead atoms. The average molecular weight is 626 g/mol. The molecule has 0 aromatic heterocycles. The summed E-state index contributed by atoms with van der Waals surface area (Å²) >= 11 is 0. The van der Waals surface area contributed by atoms with E-state index in [4.69, 9.17) is 34.0 Å². The van der Waals surface area contributed by atoms with Crippen LogP contribution in [0.3, 0.4) is 0 Å². The summed E-state index contributed by atoms with van der Waals surface area (Å²) in [4.78, 5) is 2.92. The van der Waals surface area contributed by atoms with Crippen LogP contribution >= 0.6 is 0 Å². The maximum atomic E-state index is 8.92. The van der Waals surface area contributed by atoms with Crippen molar-refractivity contribution >= 4 is 0 Å². The minimum atomic E-state index is -0.784. The number of hydrogen-bond acceptors (Lipinski definition) is 7. The molecule has 0 spiro atoms. The van der Waals surface area contributed by atoms with Crippen molar-refractivity contribution in [2.24, 2.45) is 5.11 Å². The van der Waals surface area contributed by atoms with E-state index in [9.17, 15) is 0 Å². The van der Waals surface area contributed by atoms with Crippen molar-refractivity contribution in [1.82, 2.24) is 0 Å². The summed E-state index contributed by atoms with van der Waals surface area (Å²) in [6.45, 7) is 4.32. The Labute approximate surface area is 271 Å². The Morgan fingerprint density at radius 3 is 1.35 bits per heavy atom. The first-order valence-corrected chi connectivity index (χ1v) is 15.6. The predicted octanol–water partition coefficient (Wildman–Crippen LogP) is 6.96. The maximum Gasteiger partial charge on any atom is 0.143 e. The normalized spacial score (nSPS) is 12.0. The van der Waals surface area contributed by atoms with Crippen LogP contribution in [-0.4, -0.2) is 72.1 Å². The van der Waals surface area contributed by atoms with Crippen LogP contribution in [0.4, 0.5) is 0 Å². The van der Waals surface area contributed by atoms with Gasteiger partial charge in [-0.3, -0.25) is 0 Å². The molecule has 4 aromatic carbocycles. The third-order valence-electron chi connectivity index (χ3n) is 7.15. The molecule has 0 radical (unpaired) electrons. The third kappa shape index (κ3) is 11.4. The van der Waals surface area contributed by atoms with E-state index < -0.39 is 11.6 Å². The monoisotopic (exact) mass is 625 g/mol. The number of benzene rings is 4. The van der Waals surface area contributed by atoms with Crippen molar-refractivity contribution in [3.05, 3.63) is 154 Å². The van der Waals surface area contributed by atoms with Crippen LogP contribution < -0.4 is 0 Å². The van der Waals surface area contributed by atoms with Crippen molar-refractivity contribution in [2.45, 2.75) is 18.2 Å². The molecule has 4 aromatic rings. The molecule has 242 valence electrons. The van der Waals surface area contributed by atoms with Crippen molar-refractivity contribution in [3.8, 4) is 0 Å². The molecule has 0 saturated carbocycles. The van der Waals surface area contributed by atoms with E-state index in [2.05, 4.69) is 46.4 Å². The van der Waals surface area contributed by atoms with Gasteiger partial charge in [-0.25, -0.2) is 0 Å². The van der Waals surface area contributed by atoms with Gasteiger partial charge in [0.2, 0.25) is 0 Å². The Morgan fingerprint density at radius 1 is 0.500 bits per heavy atom. The quantitative estimate of drug-likeness (QED) is 0.0290. The summed E-state index contributed by atoms with van der Waals surface area (Å²) in [5, 5.41) is 3.78. The van der Waals surface area contributed by atoms with Gasteiger partial charge in [0.15, 0.2) is 0 Å². The summed E-state index contributed by atoms with van der Waals surface area (Å²) < 4.78 is 35.0. The van der Waals surface area contributed by atoms with E-state index >= 15 is 0 Å². The summed E-state index contributed by atoms with van der Waals surface area (Å²) in [6.07, 6.45) is 0. The van der Waals surface area contributed by atoms with E-state index in [-0.39, 0.29) is 13.2 Å². The Balaban J connectivity index is 1.12. The molecule has 4 rings (SSSR count). The summed E-state index contributed by atoms with van der Waals surface area (Å²) in [6, 6.07) is 40.3. The highest BCUT2D eigenvalue weighted by molar-refractivity contribution is 5.47. The standard InChI is InChI=1S/C37H43N3O6/c38-40-39-36(30-44-25-22-41-21-24-43-29-32-13-5-1-6-14-32)31-45-26-23-42-27-28-46-37(33-15-7-2-8-16-33,34-17-9-3-10-18-34)35-19-11-4-12-20-35/h1-20,36H,21-31H2/t36-/m1/s1. The van der Waals surface area contributed by atoms with Crippen LogP contribution in [0.2, 0.25) is 0 Å². The molecule has 9 heteroatoms. The second-order valence-corrected chi connectivity index (χ2v) is 10.4. The van der Waals surface area contributed by atoms with Crippen LogP contribution in [-0.2, 0) is 40.6 Å². The van der Waals surface area contributed by atoms with Crippen molar-refractivity contribution in [3.63, 3.8) is 0 Å². The molecule has 0 aliphatic carbocycles. The predicted molar refractivity (Wildman–Crippen MR) is 177 cm³/mol. The van der Waals surface area contributed by atoms with Gasteiger partial charge in [0.25, 0.3) is 0 Å². The zero-order chi connectivity index (χ0) is 32.0. The van der Waals surface area contributed by atoms with E-state index in [0.717, 1.165) is 22.3 Å². The second kappa shape index (κ2) is 20.9. The number of hydrogen-bond donors (Lipinski definition) is 0. The zero-order valence-corrected chi connectivity index (χ0v) is 26.2. The van der Waals surface area contributed by atoms with Crippen molar-refractivity contribution in [1.29, 1.82) is 0 Å². The first-order valence-electron chi connectivity index (χ1n) is 15.6. The SMILES string of the molecule is [N-]=[N+]=N[C@H](COCCOCCOCc1ccccc1)COCCOCCOC(c1ccccc1)(c1ccccc1)c1ccccc1. The van der Waals surface area contributed by atoms with E-state index in [1.54, 1.807) is 0 Å². The molecular formula is C37H43N3O6. The number of rotatable bonds is 23. The number of nitrogens with zero attached hydrogens (tertiary/aromatic N) is 3. The van der Waals surface area contributed by atoms with Gasteiger partial charge < -0.3 is 28.4 Å². The lowest BCUT2D eigenvalue weighted by Crippen LogP contribution is -2.34. The van der Waals surface area contributed by atoms with Crippen molar-refractivity contribution < 1.29 is 28.4 Å². The fourth-order valence-electron chi connectivity index (χ4n) is 4.97. The molecule has 0 aliphatic rings. The lowest BCUT2D eigenvalue weighted by molar-refractivity contribution is -0.0358. The largest absolute Gasteiger partial charge is 0.379 e. The third-order valence-corrected chi connectivity index (χ3v) is 7.15.